The van der Waals surface area contributed by atoms with Crippen molar-refractivity contribution in [1.82, 2.24) is 0 Å². The molecule has 2 aromatic carbocycles. The van der Waals surface area contributed by atoms with Crippen molar-refractivity contribution in [1.29, 1.82) is 0 Å². The number of fused-ring (bicyclic) bond motifs is 7. The summed E-state index contributed by atoms with van der Waals surface area (Å²) in [6, 6.07) is 15.9. The topological polar surface area (TPSA) is 7.76 Å². The summed E-state index contributed by atoms with van der Waals surface area (Å²) in [6.07, 6.45) is 9.28. The van der Waals surface area contributed by atoms with E-state index in [1.54, 1.807) is 0 Å². The molecule has 4 aromatic rings. The molecule has 0 fully saturated rings. The third-order valence-corrected chi connectivity index (χ3v) is 6.57. The van der Waals surface area contributed by atoms with Crippen molar-refractivity contribution in [2.24, 2.45) is 0 Å². The molecule has 0 aliphatic heterocycles. The first-order valence-corrected chi connectivity index (χ1v) is 11.0. The van der Waals surface area contributed by atoms with Crippen molar-refractivity contribution in [2.45, 2.75) is 59.0 Å². The molecule has 0 saturated heterocycles. The highest BCUT2D eigenvalue weighted by Gasteiger charge is 2.41. The van der Waals surface area contributed by atoms with Crippen molar-refractivity contribution in [3.8, 4) is 11.1 Å². The average molecular weight is 383 g/mol. The summed E-state index contributed by atoms with van der Waals surface area (Å²) in [4.78, 5) is 0. The minimum absolute atomic E-state index is 0.0133. The fourth-order valence-electron chi connectivity index (χ4n) is 5.29. The molecule has 0 saturated carbocycles. The standard InChI is InChI=1S/C27H30N2/c1-5-14-28-16-13-20-19(17-28)11-12-22-25-21-9-7-8-10-24(21)29(15-6-2)18-23(25)27(3,4)26(20)22/h7-13,16-18H,5-6,14-15H2,1-4H3/q+2. The molecule has 5 rings (SSSR count). The lowest BCUT2D eigenvalue weighted by Crippen LogP contribution is -2.36. The van der Waals surface area contributed by atoms with Crippen LogP contribution in [0.15, 0.2) is 61.1 Å². The predicted molar refractivity (Wildman–Crippen MR) is 120 cm³/mol. The molecule has 2 nitrogen and oxygen atoms in total. The summed E-state index contributed by atoms with van der Waals surface area (Å²) < 4.78 is 4.77. The summed E-state index contributed by atoms with van der Waals surface area (Å²) >= 11 is 0. The zero-order valence-electron chi connectivity index (χ0n) is 18.0. The van der Waals surface area contributed by atoms with Crippen LogP contribution in [0.2, 0.25) is 0 Å². The van der Waals surface area contributed by atoms with E-state index in [0.29, 0.717) is 0 Å². The number of pyridine rings is 2. The van der Waals surface area contributed by atoms with Crippen LogP contribution in [0.25, 0.3) is 32.8 Å². The van der Waals surface area contributed by atoms with Crippen LogP contribution in [0.4, 0.5) is 0 Å². The van der Waals surface area contributed by atoms with Gasteiger partial charge in [-0.1, -0.05) is 45.9 Å². The zero-order chi connectivity index (χ0) is 20.2. The number of benzene rings is 2. The Morgan fingerprint density at radius 3 is 2.41 bits per heavy atom. The van der Waals surface area contributed by atoms with E-state index in [1.807, 2.05) is 0 Å². The number of nitrogens with zero attached hydrogens (tertiary/aromatic N) is 2. The molecule has 2 aromatic heterocycles. The summed E-state index contributed by atoms with van der Waals surface area (Å²) in [7, 11) is 0. The molecule has 146 valence electrons. The molecule has 29 heavy (non-hydrogen) atoms. The van der Waals surface area contributed by atoms with E-state index >= 15 is 0 Å². The van der Waals surface area contributed by atoms with Crippen LogP contribution in [-0.2, 0) is 18.5 Å². The summed E-state index contributed by atoms with van der Waals surface area (Å²) in [5.74, 6) is 0. The van der Waals surface area contributed by atoms with Crippen LogP contribution >= 0.6 is 0 Å². The largest absolute Gasteiger partial charge is 0.213 e. The normalized spacial score (nSPS) is 14.3. The van der Waals surface area contributed by atoms with Gasteiger partial charge in [-0.15, -0.1) is 0 Å². The van der Waals surface area contributed by atoms with Gasteiger partial charge in [-0.2, -0.15) is 4.57 Å². The predicted octanol–water partition coefficient (Wildman–Crippen LogP) is 5.69. The molecular formula is C27H30N2+2. The number of para-hydroxylation sites is 1. The van der Waals surface area contributed by atoms with Crippen molar-refractivity contribution in [3.05, 3.63) is 72.2 Å². The first-order valence-electron chi connectivity index (χ1n) is 11.0. The second-order valence-corrected chi connectivity index (χ2v) is 8.93. The van der Waals surface area contributed by atoms with E-state index in [9.17, 15) is 0 Å². The van der Waals surface area contributed by atoms with Gasteiger partial charge in [0.15, 0.2) is 18.6 Å². The van der Waals surface area contributed by atoms with Gasteiger partial charge in [-0.25, -0.2) is 4.57 Å². The van der Waals surface area contributed by atoms with Crippen LogP contribution < -0.4 is 9.13 Å². The maximum Gasteiger partial charge on any atom is 0.213 e. The fraction of sp³-hybridized carbons (Fsp3) is 0.333. The Morgan fingerprint density at radius 1 is 0.828 bits per heavy atom. The van der Waals surface area contributed by atoms with Crippen molar-refractivity contribution in [3.63, 3.8) is 0 Å². The molecule has 2 heterocycles. The third kappa shape index (κ3) is 2.62. The molecule has 0 spiro atoms. The first-order chi connectivity index (χ1) is 14.1. The van der Waals surface area contributed by atoms with Gasteiger partial charge in [0.25, 0.3) is 0 Å². The lowest BCUT2D eigenvalue weighted by atomic mass is 9.81. The molecule has 0 radical (unpaired) electrons. The number of aromatic nitrogens is 2. The monoisotopic (exact) mass is 382 g/mol. The second kappa shape index (κ2) is 6.66. The maximum absolute atomic E-state index is 2.46. The van der Waals surface area contributed by atoms with Crippen molar-refractivity contribution >= 4 is 21.7 Å². The zero-order valence-corrected chi connectivity index (χ0v) is 18.0. The Hall–Kier alpha value is -2.74. The van der Waals surface area contributed by atoms with Gasteiger partial charge in [0.1, 0.15) is 13.1 Å². The minimum atomic E-state index is -0.0133. The quantitative estimate of drug-likeness (QED) is 0.400. The van der Waals surface area contributed by atoms with E-state index in [1.165, 1.54) is 43.9 Å². The third-order valence-electron chi connectivity index (χ3n) is 6.57. The molecule has 0 atom stereocenters. The molecule has 0 unspecified atom stereocenters. The Balaban J connectivity index is 1.85. The van der Waals surface area contributed by atoms with Gasteiger partial charge in [0.05, 0.1) is 5.39 Å². The molecule has 0 bridgehead atoms. The van der Waals surface area contributed by atoms with Crippen molar-refractivity contribution < 1.29 is 9.13 Å². The Morgan fingerprint density at radius 2 is 1.62 bits per heavy atom. The van der Waals surface area contributed by atoms with E-state index < -0.39 is 0 Å². The fourth-order valence-corrected chi connectivity index (χ4v) is 5.29. The van der Waals surface area contributed by atoms with Crippen molar-refractivity contribution in [2.75, 3.05) is 0 Å². The number of hydrogen-bond donors (Lipinski definition) is 0. The minimum Gasteiger partial charge on any atom is -0.205 e. The van der Waals surface area contributed by atoms with Gasteiger partial charge in [-0.3, -0.25) is 0 Å². The smallest absolute Gasteiger partial charge is 0.205 e. The van der Waals surface area contributed by atoms with Gasteiger partial charge < -0.3 is 0 Å². The van der Waals surface area contributed by atoms with Crippen LogP contribution in [0.3, 0.4) is 0 Å². The SMILES string of the molecule is CCC[n+]1ccc2c3c(ccc2c1)-c1c(c[n+](CCC)c2ccccc12)C3(C)C. The highest BCUT2D eigenvalue weighted by Crippen LogP contribution is 2.52. The Bertz CT molecular complexity index is 1250. The molecule has 0 N–H and O–H groups in total. The van der Waals surface area contributed by atoms with Gasteiger partial charge in [0, 0.05) is 46.9 Å². The number of rotatable bonds is 4. The van der Waals surface area contributed by atoms with Gasteiger partial charge in [0.2, 0.25) is 5.52 Å². The summed E-state index contributed by atoms with van der Waals surface area (Å²) in [5.41, 5.74) is 7.10. The molecule has 1 aliphatic carbocycles. The van der Waals surface area contributed by atoms with E-state index in [0.717, 1.165) is 25.9 Å². The van der Waals surface area contributed by atoms with E-state index in [-0.39, 0.29) is 5.41 Å². The highest BCUT2D eigenvalue weighted by atomic mass is 14.9. The Labute approximate surface area is 173 Å². The van der Waals surface area contributed by atoms with Gasteiger partial charge >= 0.3 is 0 Å². The molecular weight excluding hydrogens is 352 g/mol. The number of hydrogen-bond acceptors (Lipinski definition) is 0. The van der Waals surface area contributed by atoms with Crippen LogP contribution in [0, 0.1) is 0 Å². The molecule has 2 heteroatoms. The molecule has 0 amide bonds. The van der Waals surface area contributed by atoms with Crippen LogP contribution in [0.5, 0.6) is 0 Å². The summed E-state index contributed by atoms with van der Waals surface area (Å²) in [5, 5.41) is 4.11. The van der Waals surface area contributed by atoms with E-state index in [2.05, 4.69) is 97.9 Å². The Kier molecular flexibility index (Phi) is 4.20. The highest BCUT2D eigenvalue weighted by molar-refractivity contribution is 6.04. The number of aryl methyl sites for hydroxylation is 2. The van der Waals surface area contributed by atoms with Crippen LogP contribution in [0.1, 0.15) is 51.7 Å². The first kappa shape index (κ1) is 18.3. The average Bonchev–Trinajstić information content (AvgIpc) is 2.96. The maximum atomic E-state index is 2.46. The van der Waals surface area contributed by atoms with Crippen LogP contribution in [-0.4, -0.2) is 0 Å². The lowest BCUT2D eigenvalue weighted by molar-refractivity contribution is -0.695. The van der Waals surface area contributed by atoms with E-state index in [4.69, 9.17) is 0 Å². The lowest BCUT2D eigenvalue weighted by Gasteiger charge is -2.22. The second-order valence-electron chi connectivity index (χ2n) is 8.93. The van der Waals surface area contributed by atoms with Gasteiger partial charge in [-0.05, 0) is 28.6 Å². The summed E-state index contributed by atoms with van der Waals surface area (Å²) in [6.45, 7) is 11.4. The molecule has 1 aliphatic rings.